The van der Waals surface area contributed by atoms with Crippen LogP contribution >= 0.6 is 11.6 Å². The summed E-state index contributed by atoms with van der Waals surface area (Å²) in [7, 11) is 0. The average Bonchev–Trinajstić information content (AvgIpc) is 3.13. The van der Waals surface area contributed by atoms with Crippen LogP contribution in [0.25, 0.3) is 0 Å². The molecule has 36 heavy (non-hydrogen) atoms. The van der Waals surface area contributed by atoms with Gasteiger partial charge in [-0.1, -0.05) is 11.6 Å². The van der Waals surface area contributed by atoms with Crippen LogP contribution in [0.3, 0.4) is 0 Å². The van der Waals surface area contributed by atoms with Crippen LogP contribution in [0, 0.1) is 22.7 Å². The van der Waals surface area contributed by atoms with Crippen molar-refractivity contribution in [3.05, 3.63) is 88.9 Å². The van der Waals surface area contributed by atoms with Crippen LogP contribution in [0.5, 0.6) is 0 Å². The summed E-state index contributed by atoms with van der Waals surface area (Å²) in [4.78, 5) is 34.1. The molecule has 0 aromatic heterocycles. The number of ether oxygens (including phenoxy) is 1. The SMILES string of the molecule is N#Cc1ccc(NC(=O)N=C2N(c3ccc(C#N)cc3)C(=O)N(c3ccc(Cl)cc3)C23COC3)cc1. The smallest absolute Gasteiger partial charge is 0.347 e. The summed E-state index contributed by atoms with van der Waals surface area (Å²) in [5.41, 5.74) is 1.35. The molecule has 0 radical (unpaired) electrons. The van der Waals surface area contributed by atoms with E-state index in [1.54, 1.807) is 77.7 Å². The van der Waals surface area contributed by atoms with Crippen molar-refractivity contribution in [3.8, 4) is 12.1 Å². The Morgan fingerprint density at radius 1 is 0.917 bits per heavy atom. The monoisotopic (exact) mass is 496 g/mol. The number of anilines is 3. The molecule has 2 aliphatic heterocycles. The van der Waals surface area contributed by atoms with Gasteiger partial charge < -0.3 is 10.1 Å². The van der Waals surface area contributed by atoms with Crippen molar-refractivity contribution in [1.82, 2.24) is 0 Å². The quantitative estimate of drug-likeness (QED) is 0.551. The fourth-order valence-electron chi connectivity index (χ4n) is 4.13. The number of hydrogen-bond donors (Lipinski definition) is 1. The minimum absolute atomic E-state index is 0.136. The lowest BCUT2D eigenvalue weighted by atomic mass is 9.94. The second-order valence-electron chi connectivity index (χ2n) is 8.17. The maximum atomic E-state index is 13.8. The van der Waals surface area contributed by atoms with Gasteiger partial charge in [0.05, 0.1) is 42.2 Å². The molecule has 1 spiro atoms. The Balaban J connectivity index is 1.58. The number of nitrogens with one attached hydrogen (secondary N) is 1. The van der Waals surface area contributed by atoms with Crippen LogP contribution in [0.15, 0.2) is 77.8 Å². The number of hydrogen-bond acceptors (Lipinski definition) is 5. The summed E-state index contributed by atoms with van der Waals surface area (Å²) in [6.07, 6.45) is 0. The zero-order chi connectivity index (χ0) is 25.3. The highest BCUT2D eigenvalue weighted by molar-refractivity contribution is 6.34. The van der Waals surface area contributed by atoms with Crippen LogP contribution in [-0.4, -0.2) is 36.7 Å². The van der Waals surface area contributed by atoms with E-state index in [0.29, 0.717) is 33.2 Å². The maximum absolute atomic E-state index is 13.8. The summed E-state index contributed by atoms with van der Waals surface area (Å²) in [6, 6.07) is 22.5. The largest absolute Gasteiger partial charge is 0.375 e. The number of urea groups is 2. The third-order valence-electron chi connectivity index (χ3n) is 5.93. The van der Waals surface area contributed by atoms with Crippen LogP contribution in [0.2, 0.25) is 5.02 Å². The number of rotatable bonds is 3. The second kappa shape index (κ2) is 9.16. The predicted octanol–water partition coefficient (Wildman–Crippen LogP) is 4.93. The third kappa shape index (κ3) is 3.93. The standard InChI is InChI=1S/C26H17ClN6O3/c27-19-5-11-22(12-6-19)33-25(35)32(21-9-3-18(14-29)4-10-21)23(26(33)15-36-16-26)31-24(34)30-20-7-1-17(13-28)2-8-20/h1-12H,15-16H2,(H,30,34). The van der Waals surface area contributed by atoms with Crippen LogP contribution in [0.4, 0.5) is 26.7 Å². The van der Waals surface area contributed by atoms with E-state index in [2.05, 4.69) is 16.4 Å². The highest BCUT2D eigenvalue weighted by Gasteiger charge is 2.61. The molecule has 2 heterocycles. The number of aliphatic imine (C=N–C) groups is 1. The molecule has 2 aliphatic rings. The second-order valence-corrected chi connectivity index (χ2v) is 8.60. The Hall–Kier alpha value is -4.70. The summed E-state index contributed by atoms with van der Waals surface area (Å²) < 4.78 is 5.53. The zero-order valence-electron chi connectivity index (χ0n) is 18.7. The number of carbonyl (C=O) groups is 2. The summed E-state index contributed by atoms with van der Waals surface area (Å²) >= 11 is 6.06. The van der Waals surface area contributed by atoms with Crippen LogP contribution in [0.1, 0.15) is 11.1 Å². The first kappa shape index (κ1) is 23.1. The predicted molar refractivity (Wildman–Crippen MR) is 134 cm³/mol. The topological polar surface area (TPSA) is 122 Å². The Morgan fingerprint density at radius 2 is 1.47 bits per heavy atom. The van der Waals surface area contributed by atoms with Gasteiger partial charge in [-0.2, -0.15) is 15.5 Å². The Kier molecular flexibility index (Phi) is 5.87. The molecule has 0 saturated carbocycles. The molecule has 3 aromatic carbocycles. The number of halogens is 1. The van der Waals surface area contributed by atoms with Crippen molar-refractivity contribution in [2.75, 3.05) is 28.3 Å². The lowest BCUT2D eigenvalue weighted by Crippen LogP contribution is -2.64. The molecule has 0 bridgehead atoms. The first-order chi connectivity index (χ1) is 17.4. The Morgan fingerprint density at radius 3 is 2.00 bits per heavy atom. The van der Waals surface area contributed by atoms with E-state index in [-0.39, 0.29) is 19.0 Å². The van der Waals surface area contributed by atoms with E-state index < -0.39 is 17.6 Å². The highest BCUT2D eigenvalue weighted by atomic mass is 35.5. The van der Waals surface area contributed by atoms with E-state index >= 15 is 0 Å². The van der Waals surface area contributed by atoms with E-state index in [4.69, 9.17) is 21.6 Å². The van der Waals surface area contributed by atoms with E-state index in [0.717, 1.165) is 0 Å². The number of benzene rings is 3. The molecular formula is C26H17ClN6O3. The first-order valence-corrected chi connectivity index (χ1v) is 11.2. The maximum Gasteiger partial charge on any atom is 0.347 e. The fraction of sp³-hybridized carbons (Fsp3) is 0.115. The van der Waals surface area contributed by atoms with Gasteiger partial charge in [-0.15, -0.1) is 0 Å². The van der Waals surface area contributed by atoms with Gasteiger partial charge in [0.1, 0.15) is 0 Å². The van der Waals surface area contributed by atoms with Crippen LogP contribution in [-0.2, 0) is 4.74 Å². The normalized spacial score (nSPS) is 17.0. The Bertz CT molecular complexity index is 1450. The lowest BCUT2D eigenvalue weighted by Gasteiger charge is -2.43. The van der Waals surface area contributed by atoms with Gasteiger partial charge in [0, 0.05) is 16.4 Å². The van der Waals surface area contributed by atoms with E-state index in [1.165, 1.54) is 4.90 Å². The summed E-state index contributed by atoms with van der Waals surface area (Å²) in [6.45, 7) is 0.272. The van der Waals surface area contributed by atoms with Gasteiger partial charge in [-0.3, -0.25) is 4.90 Å². The molecule has 176 valence electrons. The summed E-state index contributed by atoms with van der Waals surface area (Å²) in [5.74, 6) is 0.199. The first-order valence-electron chi connectivity index (χ1n) is 10.8. The van der Waals surface area contributed by atoms with Crippen molar-refractivity contribution in [1.29, 1.82) is 10.5 Å². The minimum Gasteiger partial charge on any atom is -0.375 e. The van der Waals surface area contributed by atoms with Gasteiger partial charge >= 0.3 is 12.1 Å². The van der Waals surface area contributed by atoms with Crippen molar-refractivity contribution in [2.45, 2.75) is 5.54 Å². The molecule has 5 rings (SSSR count). The van der Waals surface area contributed by atoms with Crippen molar-refractivity contribution >= 4 is 46.6 Å². The van der Waals surface area contributed by atoms with Gasteiger partial charge in [-0.25, -0.2) is 14.5 Å². The lowest BCUT2D eigenvalue weighted by molar-refractivity contribution is -0.0152. The number of carbonyl (C=O) groups excluding carboxylic acids is 2. The molecule has 0 aliphatic carbocycles. The molecule has 3 aromatic rings. The molecule has 10 heteroatoms. The number of amidine groups is 1. The molecule has 4 amide bonds. The van der Waals surface area contributed by atoms with Gasteiger partial charge in [-0.05, 0) is 72.8 Å². The Labute approximate surface area is 211 Å². The van der Waals surface area contributed by atoms with Crippen molar-refractivity contribution in [3.63, 3.8) is 0 Å². The van der Waals surface area contributed by atoms with E-state index in [1.807, 2.05) is 6.07 Å². The molecule has 0 atom stereocenters. The molecule has 1 N–H and O–H groups in total. The number of nitrogens with zero attached hydrogens (tertiary/aromatic N) is 5. The van der Waals surface area contributed by atoms with Gasteiger partial charge in [0.25, 0.3) is 0 Å². The molecule has 9 nitrogen and oxygen atoms in total. The van der Waals surface area contributed by atoms with Gasteiger partial charge in [0.2, 0.25) is 0 Å². The average molecular weight is 497 g/mol. The third-order valence-corrected chi connectivity index (χ3v) is 6.18. The summed E-state index contributed by atoms with van der Waals surface area (Å²) in [5, 5.41) is 21.4. The number of amides is 4. The fourth-order valence-corrected chi connectivity index (χ4v) is 4.26. The molecule has 2 saturated heterocycles. The zero-order valence-corrected chi connectivity index (χ0v) is 19.4. The minimum atomic E-state index is -1.01. The molecule has 2 fully saturated rings. The van der Waals surface area contributed by atoms with Crippen LogP contribution < -0.4 is 15.1 Å². The van der Waals surface area contributed by atoms with Gasteiger partial charge in [0.15, 0.2) is 11.4 Å². The number of nitriles is 2. The highest BCUT2D eigenvalue weighted by Crippen LogP contribution is 2.41. The molecular weight excluding hydrogens is 480 g/mol. The van der Waals surface area contributed by atoms with Crippen molar-refractivity contribution in [2.24, 2.45) is 4.99 Å². The van der Waals surface area contributed by atoms with E-state index in [9.17, 15) is 14.9 Å². The molecule has 0 unspecified atom stereocenters. The van der Waals surface area contributed by atoms with Crippen molar-refractivity contribution < 1.29 is 14.3 Å².